The van der Waals surface area contributed by atoms with Gasteiger partial charge in [-0.05, 0) is 12.1 Å². The molecule has 0 saturated carbocycles. The quantitative estimate of drug-likeness (QED) is 0.644. The van der Waals surface area contributed by atoms with Gasteiger partial charge in [0.15, 0.2) is 0 Å². The Morgan fingerprint density at radius 1 is 1.20 bits per heavy atom. The number of amides is 2. The Bertz CT molecular complexity index is 600. The summed E-state index contributed by atoms with van der Waals surface area (Å²) in [6, 6.07) is 9.33. The van der Waals surface area contributed by atoms with Crippen molar-refractivity contribution in [3.8, 4) is 11.5 Å². The highest BCUT2D eigenvalue weighted by Crippen LogP contribution is 2.22. The normalized spacial score (nSPS) is 10.1. The Labute approximate surface area is 119 Å². The molecule has 0 radical (unpaired) electrons. The van der Waals surface area contributed by atoms with Gasteiger partial charge in [-0.15, -0.1) is 10.2 Å². The van der Waals surface area contributed by atoms with Crippen molar-refractivity contribution in [1.29, 1.82) is 0 Å². The van der Waals surface area contributed by atoms with Crippen LogP contribution in [-0.4, -0.2) is 27.8 Å². The number of aromatic nitrogens is 2. The van der Waals surface area contributed by atoms with E-state index in [0.29, 0.717) is 11.1 Å². The topological polar surface area (TPSA) is 97.1 Å². The molecule has 0 spiro atoms. The van der Waals surface area contributed by atoms with Crippen molar-refractivity contribution in [2.45, 2.75) is 12.1 Å². The van der Waals surface area contributed by atoms with E-state index in [2.05, 4.69) is 21.0 Å². The molecular weight excluding hydrogens is 280 g/mol. The SMILES string of the molecule is CC(=O)NNC(=O)CSc1nnc(-c2ccccc2)o1. The molecule has 0 aliphatic rings. The van der Waals surface area contributed by atoms with E-state index in [4.69, 9.17) is 4.42 Å². The van der Waals surface area contributed by atoms with Crippen LogP contribution in [-0.2, 0) is 9.59 Å². The van der Waals surface area contributed by atoms with Crippen LogP contribution in [0, 0.1) is 0 Å². The Hall–Kier alpha value is -2.35. The zero-order chi connectivity index (χ0) is 14.4. The third-order valence-corrected chi connectivity index (χ3v) is 2.95. The average Bonchev–Trinajstić information content (AvgIpc) is 2.93. The van der Waals surface area contributed by atoms with E-state index in [1.165, 1.54) is 6.92 Å². The van der Waals surface area contributed by atoms with Gasteiger partial charge in [0.05, 0.1) is 5.75 Å². The number of thioether (sulfide) groups is 1. The first-order valence-electron chi connectivity index (χ1n) is 5.72. The van der Waals surface area contributed by atoms with Gasteiger partial charge in [-0.25, -0.2) is 0 Å². The summed E-state index contributed by atoms with van der Waals surface area (Å²) in [7, 11) is 0. The maximum Gasteiger partial charge on any atom is 0.277 e. The van der Waals surface area contributed by atoms with E-state index >= 15 is 0 Å². The van der Waals surface area contributed by atoms with Crippen LogP contribution in [0.15, 0.2) is 40.0 Å². The van der Waals surface area contributed by atoms with Crippen molar-refractivity contribution in [2.75, 3.05) is 5.75 Å². The van der Waals surface area contributed by atoms with Crippen LogP contribution in [0.4, 0.5) is 0 Å². The Balaban J connectivity index is 1.87. The Morgan fingerprint density at radius 2 is 1.95 bits per heavy atom. The van der Waals surface area contributed by atoms with E-state index < -0.39 is 0 Å². The van der Waals surface area contributed by atoms with Crippen molar-refractivity contribution < 1.29 is 14.0 Å². The number of benzene rings is 1. The molecule has 1 heterocycles. The van der Waals surface area contributed by atoms with Gasteiger partial charge >= 0.3 is 0 Å². The highest BCUT2D eigenvalue weighted by molar-refractivity contribution is 7.99. The fourth-order valence-electron chi connectivity index (χ4n) is 1.29. The molecule has 1 aromatic carbocycles. The van der Waals surface area contributed by atoms with E-state index in [1.54, 1.807) is 0 Å². The molecule has 2 amide bonds. The van der Waals surface area contributed by atoms with E-state index in [0.717, 1.165) is 17.3 Å². The van der Waals surface area contributed by atoms with Gasteiger partial charge in [-0.3, -0.25) is 20.4 Å². The molecule has 2 aromatic rings. The minimum absolute atomic E-state index is 0.0662. The first-order chi connectivity index (χ1) is 9.65. The second-order valence-electron chi connectivity index (χ2n) is 3.76. The summed E-state index contributed by atoms with van der Waals surface area (Å²) in [5, 5.41) is 8.03. The summed E-state index contributed by atoms with van der Waals surface area (Å²) < 4.78 is 5.42. The number of hydrogen-bond acceptors (Lipinski definition) is 6. The molecule has 20 heavy (non-hydrogen) atoms. The number of carbonyl (C=O) groups is 2. The minimum atomic E-state index is -0.357. The number of carbonyl (C=O) groups excluding carboxylic acids is 2. The lowest BCUT2D eigenvalue weighted by atomic mass is 10.2. The predicted octanol–water partition coefficient (Wildman–Crippen LogP) is 0.996. The van der Waals surface area contributed by atoms with Gasteiger partial charge in [0.2, 0.25) is 17.7 Å². The maximum absolute atomic E-state index is 11.4. The molecule has 7 nitrogen and oxygen atoms in total. The van der Waals surface area contributed by atoms with Crippen LogP contribution < -0.4 is 10.9 Å². The molecule has 0 aliphatic carbocycles. The van der Waals surface area contributed by atoms with Gasteiger partial charge in [0.1, 0.15) is 0 Å². The zero-order valence-electron chi connectivity index (χ0n) is 10.6. The third-order valence-electron chi connectivity index (χ3n) is 2.13. The molecule has 8 heteroatoms. The summed E-state index contributed by atoms with van der Waals surface area (Å²) in [5.41, 5.74) is 5.25. The maximum atomic E-state index is 11.4. The number of hydrazine groups is 1. The van der Waals surface area contributed by atoms with Gasteiger partial charge in [0.25, 0.3) is 5.22 Å². The van der Waals surface area contributed by atoms with Crippen LogP contribution in [0.3, 0.4) is 0 Å². The molecule has 0 atom stereocenters. The van der Waals surface area contributed by atoms with Crippen LogP contribution in [0.5, 0.6) is 0 Å². The number of nitrogens with zero attached hydrogens (tertiary/aromatic N) is 2. The Kier molecular flexibility index (Phi) is 4.72. The van der Waals surface area contributed by atoms with Gasteiger partial charge < -0.3 is 4.42 Å². The smallest absolute Gasteiger partial charge is 0.277 e. The first-order valence-corrected chi connectivity index (χ1v) is 6.71. The summed E-state index contributed by atoms with van der Waals surface area (Å²) >= 11 is 1.09. The van der Waals surface area contributed by atoms with E-state index in [-0.39, 0.29) is 17.6 Å². The van der Waals surface area contributed by atoms with Crippen molar-refractivity contribution in [3.05, 3.63) is 30.3 Å². The highest BCUT2D eigenvalue weighted by Gasteiger charge is 2.10. The monoisotopic (exact) mass is 292 g/mol. The van der Waals surface area contributed by atoms with Crippen molar-refractivity contribution in [1.82, 2.24) is 21.0 Å². The van der Waals surface area contributed by atoms with E-state index in [1.807, 2.05) is 30.3 Å². The number of hydrogen-bond donors (Lipinski definition) is 2. The molecular formula is C12H12N4O3S. The fraction of sp³-hybridized carbons (Fsp3) is 0.167. The van der Waals surface area contributed by atoms with Crippen LogP contribution in [0.25, 0.3) is 11.5 Å². The van der Waals surface area contributed by atoms with Gasteiger partial charge in [-0.2, -0.15) is 0 Å². The molecule has 0 unspecified atom stereocenters. The van der Waals surface area contributed by atoms with Crippen molar-refractivity contribution in [3.63, 3.8) is 0 Å². The highest BCUT2D eigenvalue weighted by atomic mass is 32.2. The third kappa shape index (κ3) is 4.09. The zero-order valence-corrected chi connectivity index (χ0v) is 11.4. The Morgan fingerprint density at radius 3 is 2.65 bits per heavy atom. The average molecular weight is 292 g/mol. The fourth-order valence-corrected chi connectivity index (χ4v) is 1.85. The van der Waals surface area contributed by atoms with Gasteiger partial charge in [-0.1, -0.05) is 30.0 Å². The molecule has 1 aromatic heterocycles. The molecule has 0 fully saturated rings. The second-order valence-corrected chi connectivity index (χ2v) is 4.68. The van der Waals surface area contributed by atoms with Crippen LogP contribution >= 0.6 is 11.8 Å². The predicted molar refractivity (Wildman–Crippen MR) is 72.4 cm³/mol. The molecule has 0 aliphatic heterocycles. The largest absolute Gasteiger partial charge is 0.411 e. The molecule has 2 rings (SSSR count). The minimum Gasteiger partial charge on any atom is -0.411 e. The summed E-state index contributed by atoms with van der Waals surface area (Å²) in [5.74, 6) is -0.232. The standard InChI is InChI=1S/C12H12N4O3S/c1-8(17)13-14-10(18)7-20-12-16-15-11(19-12)9-5-3-2-4-6-9/h2-6H,7H2,1H3,(H,13,17)(H,14,18). The summed E-state index contributed by atoms with van der Waals surface area (Å²) in [6.45, 7) is 1.30. The molecule has 2 N–H and O–H groups in total. The molecule has 0 saturated heterocycles. The van der Waals surface area contributed by atoms with Crippen molar-refractivity contribution in [2.24, 2.45) is 0 Å². The molecule has 104 valence electrons. The van der Waals surface area contributed by atoms with Gasteiger partial charge in [0, 0.05) is 12.5 Å². The van der Waals surface area contributed by atoms with Crippen LogP contribution in [0.1, 0.15) is 6.92 Å². The van der Waals surface area contributed by atoms with E-state index in [9.17, 15) is 9.59 Å². The lowest BCUT2D eigenvalue weighted by molar-refractivity contribution is -0.126. The lowest BCUT2D eigenvalue weighted by Gasteiger charge is -2.02. The molecule has 0 bridgehead atoms. The van der Waals surface area contributed by atoms with Crippen LogP contribution in [0.2, 0.25) is 0 Å². The number of nitrogens with one attached hydrogen (secondary N) is 2. The lowest BCUT2D eigenvalue weighted by Crippen LogP contribution is -2.41. The van der Waals surface area contributed by atoms with Crippen molar-refractivity contribution >= 4 is 23.6 Å². The first kappa shape index (κ1) is 14.1. The number of rotatable bonds is 4. The summed E-state index contributed by atoms with van der Waals surface area (Å²) in [4.78, 5) is 22.0. The summed E-state index contributed by atoms with van der Waals surface area (Å²) in [6.07, 6.45) is 0. The second kappa shape index (κ2) is 6.71.